The van der Waals surface area contributed by atoms with E-state index in [2.05, 4.69) is 55.3 Å². The minimum Gasteiger partial charge on any atom is -0.302 e. The molecule has 0 fully saturated rings. The van der Waals surface area contributed by atoms with E-state index in [9.17, 15) is 8.42 Å². The second-order valence-electron chi connectivity index (χ2n) is 5.04. The first kappa shape index (κ1) is 19.1. The van der Waals surface area contributed by atoms with E-state index < -0.39 is 10.0 Å². The van der Waals surface area contributed by atoms with Crippen molar-refractivity contribution in [3.05, 3.63) is 26.6 Å². The summed E-state index contributed by atoms with van der Waals surface area (Å²) in [7, 11) is -3.55. The van der Waals surface area contributed by atoms with Crippen molar-refractivity contribution in [1.82, 2.24) is 9.62 Å². The van der Waals surface area contributed by atoms with E-state index in [1.165, 1.54) is 0 Å². The molecule has 0 spiro atoms. The van der Waals surface area contributed by atoms with Crippen LogP contribution in [-0.2, 0) is 10.0 Å². The number of sulfonamides is 1. The first-order valence-electron chi connectivity index (χ1n) is 6.91. The molecule has 1 atom stereocenters. The van der Waals surface area contributed by atoms with Crippen molar-refractivity contribution in [3.8, 4) is 0 Å². The third kappa shape index (κ3) is 5.32. The fraction of sp³-hybridized carbons (Fsp3) is 0.571. The molecule has 0 heterocycles. The van der Waals surface area contributed by atoms with Crippen LogP contribution in [0.3, 0.4) is 0 Å². The van der Waals surface area contributed by atoms with Gasteiger partial charge in [-0.05, 0) is 60.6 Å². The monoisotopic (exact) mass is 440 g/mol. The van der Waals surface area contributed by atoms with Crippen LogP contribution in [0, 0.1) is 6.92 Å². The third-order valence-corrected chi connectivity index (χ3v) is 6.69. The summed E-state index contributed by atoms with van der Waals surface area (Å²) < 4.78 is 29.1. The molecule has 0 aromatic heterocycles. The Labute approximate surface area is 144 Å². The summed E-state index contributed by atoms with van der Waals surface area (Å²) in [5, 5.41) is 0. The highest BCUT2D eigenvalue weighted by molar-refractivity contribution is 9.11. The van der Waals surface area contributed by atoms with Crippen LogP contribution in [0.25, 0.3) is 0 Å². The molecule has 0 saturated heterocycles. The number of nitrogens with zero attached hydrogens (tertiary/aromatic N) is 1. The van der Waals surface area contributed by atoms with Gasteiger partial charge in [0.2, 0.25) is 10.0 Å². The number of likely N-dealkylation sites (N-methyl/N-ethyl adjacent to an activating group) is 1. The highest BCUT2D eigenvalue weighted by atomic mass is 79.9. The summed E-state index contributed by atoms with van der Waals surface area (Å²) in [6.07, 6.45) is 0. The molecule has 0 radical (unpaired) electrons. The lowest BCUT2D eigenvalue weighted by Gasteiger charge is -2.23. The Morgan fingerprint density at radius 1 is 1.19 bits per heavy atom. The number of hydrogen-bond acceptors (Lipinski definition) is 3. The van der Waals surface area contributed by atoms with Gasteiger partial charge in [-0.25, -0.2) is 13.1 Å². The Bertz CT molecular complexity index is 587. The minimum absolute atomic E-state index is 0.151. The molecule has 1 aromatic carbocycles. The van der Waals surface area contributed by atoms with Crippen molar-refractivity contribution in [2.75, 3.05) is 19.6 Å². The molecule has 1 N–H and O–H groups in total. The maximum atomic E-state index is 12.5. The zero-order valence-corrected chi connectivity index (χ0v) is 16.8. The Balaban J connectivity index is 2.94. The summed E-state index contributed by atoms with van der Waals surface area (Å²) in [4.78, 5) is 2.44. The molecule has 0 aliphatic heterocycles. The SMILES string of the molecule is CCN(CC)CC(C)NS(=O)(=O)c1cc(Br)c(C)cc1Br. The maximum absolute atomic E-state index is 12.5. The second kappa shape index (κ2) is 8.06. The summed E-state index contributed by atoms with van der Waals surface area (Å²) >= 11 is 6.72. The van der Waals surface area contributed by atoms with E-state index in [1.807, 2.05) is 13.8 Å². The van der Waals surface area contributed by atoms with Gasteiger partial charge in [0.05, 0.1) is 4.90 Å². The molecule has 1 unspecified atom stereocenters. The van der Waals surface area contributed by atoms with Crippen LogP contribution in [0.1, 0.15) is 26.3 Å². The third-order valence-electron chi connectivity index (χ3n) is 3.29. The van der Waals surface area contributed by atoms with Gasteiger partial charge in [-0.15, -0.1) is 0 Å². The van der Waals surface area contributed by atoms with Gasteiger partial charge in [0.15, 0.2) is 0 Å². The average molecular weight is 442 g/mol. The zero-order chi connectivity index (χ0) is 16.2. The maximum Gasteiger partial charge on any atom is 0.242 e. The zero-order valence-electron chi connectivity index (χ0n) is 12.8. The number of rotatable bonds is 7. The fourth-order valence-corrected chi connectivity index (χ4v) is 4.98. The van der Waals surface area contributed by atoms with Gasteiger partial charge in [-0.1, -0.05) is 29.8 Å². The van der Waals surface area contributed by atoms with Crippen molar-refractivity contribution in [2.24, 2.45) is 0 Å². The largest absolute Gasteiger partial charge is 0.302 e. The number of benzene rings is 1. The van der Waals surface area contributed by atoms with Crippen molar-refractivity contribution in [3.63, 3.8) is 0 Å². The lowest BCUT2D eigenvalue weighted by Crippen LogP contribution is -2.41. The van der Waals surface area contributed by atoms with E-state index >= 15 is 0 Å². The highest BCUT2D eigenvalue weighted by Crippen LogP contribution is 2.28. The number of halogens is 2. The Morgan fingerprint density at radius 2 is 1.76 bits per heavy atom. The molecule has 0 saturated carbocycles. The van der Waals surface area contributed by atoms with Gasteiger partial charge in [0.1, 0.15) is 0 Å². The van der Waals surface area contributed by atoms with Crippen LogP contribution < -0.4 is 4.72 Å². The summed E-state index contributed by atoms with van der Waals surface area (Å²) in [5.41, 5.74) is 0.983. The second-order valence-corrected chi connectivity index (χ2v) is 8.43. The highest BCUT2D eigenvalue weighted by Gasteiger charge is 2.22. The van der Waals surface area contributed by atoms with Crippen LogP contribution in [0.2, 0.25) is 0 Å². The smallest absolute Gasteiger partial charge is 0.242 e. The molecule has 4 nitrogen and oxygen atoms in total. The quantitative estimate of drug-likeness (QED) is 0.703. The van der Waals surface area contributed by atoms with Gasteiger partial charge < -0.3 is 4.90 Å². The van der Waals surface area contributed by atoms with Crippen LogP contribution in [0.5, 0.6) is 0 Å². The van der Waals surface area contributed by atoms with Gasteiger partial charge >= 0.3 is 0 Å². The van der Waals surface area contributed by atoms with E-state index in [0.29, 0.717) is 11.0 Å². The van der Waals surface area contributed by atoms with Crippen molar-refractivity contribution >= 4 is 41.9 Å². The molecule has 1 rings (SSSR count). The minimum atomic E-state index is -3.55. The van der Waals surface area contributed by atoms with E-state index in [-0.39, 0.29) is 10.9 Å². The molecule has 7 heteroatoms. The summed E-state index contributed by atoms with van der Waals surface area (Å²) in [6.45, 7) is 10.4. The Hall–Kier alpha value is 0.0500. The van der Waals surface area contributed by atoms with Crippen LogP contribution in [0.4, 0.5) is 0 Å². The molecular formula is C14H22Br2N2O2S. The number of nitrogens with one attached hydrogen (secondary N) is 1. The number of aryl methyl sites for hydroxylation is 1. The van der Waals surface area contributed by atoms with Gasteiger partial charge in [-0.2, -0.15) is 0 Å². The predicted octanol–water partition coefficient (Wildman–Crippen LogP) is 3.53. The first-order valence-corrected chi connectivity index (χ1v) is 9.98. The molecule has 120 valence electrons. The van der Waals surface area contributed by atoms with Crippen LogP contribution in [-0.4, -0.2) is 39.0 Å². The van der Waals surface area contributed by atoms with Gasteiger partial charge in [0.25, 0.3) is 0 Å². The lowest BCUT2D eigenvalue weighted by molar-refractivity contribution is 0.282. The molecule has 0 aliphatic carbocycles. The fourth-order valence-electron chi connectivity index (χ4n) is 2.07. The summed E-state index contributed by atoms with van der Waals surface area (Å²) in [5.74, 6) is 0. The van der Waals surface area contributed by atoms with E-state index in [4.69, 9.17) is 0 Å². The van der Waals surface area contributed by atoms with Gasteiger partial charge in [-0.3, -0.25) is 0 Å². The van der Waals surface area contributed by atoms with Crippen molar-refractivity contribution < 1.29 is 8.42 Å². The molecule has 0 amide bonds. The van der Waals surface area contributed by atoms with E-state index in [1.54, 1.807) is 12.1 Å². The van der Waals surface area contributed by atoms with E-state index in [0.717, 1.165) is 23.1 Å². The average Bonchev–Trinajstić information content (AvgIpc) is 2.39. The summed E-state index contributed by atoms with van der Waals surface area (Å²) in [6, 6.07) is 3.28. The predicted molar refractivity (Wildman–Crippen MR) is 94.2 cm³/mol. The standard InChI is InChI=1S/C14H22Br2N2O2S/c1-5-18(6-2)9-11(4)17-21(19,20)14-8-12(15)10(3)7-13(14)16/h7-8,11,17H,5-6,9H2,1-4H3. The van der Waals surface area contributed by atoms with Crippen molar-refractivity contribution in [2.45, 2.75) is 38.6 Å². The normalized spacial score (nSPS) is 13.7. The lowest BCUT2D eigenvalue weighted by atomic mass is 10.2. The Morgan fingerprint density at radius 3 is 2.29 bits per heavy atom. The molecule has 21 heavy (non-hydrogen) atoms. The topological polar surface area (TPSA) is 49.4 Å². The van der Waals surface area contributed by atoms with Crippen LogP contribution in [0.15, 0.2) is 26.0 Å². The van der Waals surface area contributed by atoms with Crippen molar-refractivity contribution in [1.29, 1.82) is 0 Å². The van der Waals surface area contributed by atoms with Crippen LogP contribution >= 0.6 is 31.9 Å². The first-order chi connectivity index (χ1) is 9.71. The molecular weight excluding hydrogens is 420 g/mol. The number of hydrogen-bond donors (Lipinski definition) is 1. The Kier molecular flexibility index (Phi) is 7.33. The van der Waals surface area contributed by atoms with Gasteiger partial charge in [0, 0.05) is 21.5 Å². The molecule has 0 bridgehead atoms. The molecule has 1 aromatic rings. The molecule has 0 aliphatic rings.